The van der Waals surface area contributed by atoms with E-state index in [9.17, 15) is 13.6 Å². The van der Waals surface area contributed by atoms with Crippen molar-refractivity contribution in [3.63, 3.8) is 0 Å². The molecule has 0 unspecified atom stereocenters. The highest BCUT2D eigenvalue weighted by atomic mass is 19.1. The number of aryl methyl sites for hydroxylation is 1. The van der Waals surface area contributed by atoms with Crippen LogP contribution in [0.3, 0.4) is 0 Å². The summed E-state index contributed by atoms with van der Waals surface area (Å²) in [6.07, 6.45) is 0. The molecule has 96 valence electrons. The molecule has 1 aromatic carbocycles. The number of hydrogen-bond donors (Lipinski definition) is 1. The highest BCUT2D eigenvalue weighted by molar-refractivity contribution is 5.99. The predicted octanol–water partition coefficient (Wildman–Crippen LogP) is 2.58. The smallest absolute Gasteiger partial charge is 0.253 e. The number of hydrogen-bond acceptors (Lipinski definition) is 2. The summed E-state index contributed by atoms with van der Waals surface area (Å²) in [7, 11) is 0. The molecule has 0 atom stereocenters. The molecular formula is C14H10F2N2O. The first-order valence-corrected chi connectivity index (χ1v) is 5.81. The zero-order valence-electron chi connectivity index (χ0n) is 10.1. The molecule has 1 N–H and O–H groups in total. The number of carbonyl (C=O) groups is 1. The molecule has 1 amide bonds. The van der Waals surface area contributed by atoms with Crippen molar-refractivity contribution in [2.24, 2.45) is 0 Å². The highest BCUT2D eigenvalue weighted by Crippen LogP contribution is 2.28. The molecule has 3 rings (SSSR count). The van der Waals surface area contributed by atoms with Crippen LogP contribution in [0.1, 0.15) is 21.6 Å². The number of benzene rings is 1. The third kappa shape index (κ3) is 1.78. The summed E-state index contributed by atoms with van der Waals surface area (Å²) in [6, 6.07) is 5.21. The maximum absolute atomic E-state index is 13.7. The Balaban J connectivity index is 2.23. The van der Waals surface area contributed by atoms with Crippen LogP contribution in [-0.4, -0.2) is 10.9 Å². The van der Waals surface area contributed by atoms with Crippen LogP contribution in [0.4, 0.5) is 8.78 Å². The van der Waals surface area contributed by atoms with Gasteiger partial charge in [-0.25, -0.2) is 13.8 Å². The molecule has 5 heteroatoms. The van der Waals surface area contributed by atoms with E-state index in [0.717, 1.165) is 0 Å². The Morgan fingerprint density at radius 2 is 1.89 bits per heavy atom. The minimum atomic E-state index is -0.663. The van der Waals surface area contributed by atoms with E-state index in [2.05, 4.69) is 10.3 Å². The van der Waals surface area contributed by atoms with Crippen LogP contribution in [0.25, 0.3) is 11.3 Å². The average molecular weight is 260 g/mol. The van der Waals surface area contributed by atoms with Crippen LogP contribution in [0.2, 0.25) is 0 Å². The van der Waals surface area contributed by atoms with Gasteiger partial charge >= 0.3 is 0 Å². The van der Waals surface area contributed by atoms with Crippen LogP contribution in [0.15, 0.2) is 24.3 Å². The summed E-state index contributed by atoms with van der Waals surface area (Å²) in [4.78, 5) is 15.8. The first kappa shape index (κ1) is 11.8. The van der Waals surface area contributed by atoms with Gasteiger partial charge in [-0.2, -0.15) is 0 Å². The lowest BCUT2D eigenvalue weighted by molar-refractivity contribution is 0.0965. The molecular weight excluding hydrogens is 250 g/mol. The van der Waals surface area contributed by atoms with Gasteiger partial charge in [0.1, 0.15) is 11.6 Å². The van der Waals surface area contributed by atoms with Crippen LogP contribution in [-0.2, 0) is 6.54 Å². The summed E-state index contributed by atoms with van der Waals surface area (Å²) in [5, 5.41) is 2.64. The van der Waals surface area contributed by atoms with Crippen molar-refractivity contribution in [1.29, 1.82) is 0 Å². The molecule has 1 aromatic heterocycles. The molecule has 0 fully saturated rings. The maximum Gasteiger partial charge on any atom is 0.253 e. The number of pyridine rings is 1. The van der Waals surface area contributed by atoms with Crippen molar-refractivity contribution >= 4 is 5.91 Å². The van der Waals surface area contributed by atoms with E-state index in [1.807, 2.05) is 0 Å². The van der Waals surface area contributed by atoms with Crippen molar-refractivity contribution in [2.75, 3.05) is 0 Å². The molecule has 1 aliphatic rings. The largest absolute Gasteiger partial charge is 0.346 e. The molecule has 0 aliphatic carbocycles. The van der Waals surface area contributed by atoms with E-state index in [1.54, 1.807) is 6.92 Å². The number of nitrogens with one attached hydrogen (secondary N) is 1. The van der Waals surface area contributed by atoms with Gasteiger partial charge in [-0.05, 0) is 30.7 Å². The second kappa shape index (κ2) is 4.12. The van der Waals surface area contributed by atoms with Gasteiger partial charge in [0.05, 0.1) is 29.1 Å². The summed E-state index contributed by atoms with van der Waals surface area (Å²) in [6.45, 7) is 2.02. The third-order valence-electron chi connectivity index (χ3n) is 3.15. The fourth-order valence-electron chi connectivity index (χ4n) is 2.30. The molecule has 1 aliphatic heterocycles. The first-order valence-electron chi connectivity index (χ1n) is 5.81. The average Bonchev–Trinajstić information content (AvgIpc) is 2.71. The number of halogens is 2. The van der Waals surface area contributed by atoms with Crippen molar-refractivity contribution in [3.8, 4) is 11.3 Å². The van der Waals surface area contributed by atoms with Gasteiger partial charge in [0.25, 0.3) is 5.91 Å². The monoisotopic (exact) mass is 260 g/mol. The Labute approximate surface area is 108 Å². The molecule has 19 heavy (non-hydrogen) atoms. The van der Waals surface area contributed by atoms with Crippen LogP contribution in [0.5, 0.6) is 0 Å². The Morgan fingerprint density at radius 1 is 1.21 bits per heavy atom. The van der Waals surface area contributed by atoms with E-state index >= 15 is 0 Å². The van der Waals surface area contributed by atoms with Crippen molar-refractivity contribution in [1.82, 2.24) is 10.3 Å². The Kier molecular flexibility index (Phi) is 2.55. The number of carbonyl (C=O) groups excluding carboxylic acids is 1. The normalized spacial score (nSPS) is 13.3. The van der Waals surface area contributed by atoms with E-state index in [0.29, 0.717) is 23.4 Å². The second-order valence-electron chi connectivity index (χ2n) is 4.43. The molecule has 2 aromatic rings. The number of rotatable bonds is 1. The van der Waals surface area contributed by atoms with Gasteiger partial charge in [0.2, 0.25) is 0 Å². The maximum atomic E-state index is 13.7. The SMILES string of the molecule is Cc1cc(-c2c(F)cccc2F)nc2c1C(=O)NC2. The van der Waals surface area contributed by atoms with Gasteiger partial charge in [-0.1, -0.05) is 6.07 Å². The van der Waals surface area contributed by atoms with Gasteiger partial charge in [-0.3, -0.25) is 4.79 Å². The first-order chi connectivity index (χ1) is 9.08. The van der Waals surface area contributed by atoms with Crippen LogP contribution >= 0.6 is 0 Å². The molecule has 0 saturated carbocycles. The highest BCUT2D eigenvalue weighted by Gasteiger charge is 2.24. The second-order valence-corrected chi connectivity index (χ2v) is 4.43. The lowest BCUT2D eigenvalue weighted by atomic mass is 10.0. The fourth-order valence-corrected chi connectivity index (χ4v) is 2.30. The summed E-state index contributed by atoms with van der Waals surface area (Å²) in [5.41, 5.74) is 1.75. The molecule has 3 nitrogen and oxygen atoms in total. The predicted molar refractivity (Wildman–Crippen MR) is 65.5 cm³/mol. The third-order valence-corrected chi connectivity index (χ3v) is 3.15. The number of nitrogens with zero attached hydrogens (tertiary/aromatic N) is 1. The summed E-state index contributed by atoms with van der Waals surface area (Å²) in [5.74, 6) is -1.52. The van der Waals surface area contributed by atoms with Crippen molar-refractivity contribution in [3.05, 3.63) is 52.7 Å². The van der Waals surface area contributed by atoms with E-state index in [-0.39, 0.29) is 17.2 Å². The zero-order chi connectivity index (χ0) is 13.6. The van der Waals surface area contributed by atoms with E-state index in [4.69, 9.17) is 0 Å². The van der Waals surface area contributed by atoms with Gasteiger partial charge in [0.15, 0.2) is 0 Å². The molecule has 0 spiro atoms. The standard InChI is InChI=1S/C14H10F2N2O/c1-7-5-10(13-8(15)3-2-4-9(13)16)18-11-6-17-14(19)12(7)11/h2-5H,6H2,1H3,(H,17,19). The van der Waals surface area contributed by atoms with Crippen LogP contribution in [0, 0.1) is 18.6 Å². The number of aromatic nitrogens is 1. The van der Waals surface area contributed by atoms with Crippen molar-refractivity contribution in [2.45, 2.75) is 13.5 Å². The fraction of sp³-hybridized carbons (Fsp3) is 0.143. The molecule has 0 bridgehead atoms. The Hall–Kier alpha value is -2.30. The Morgan fingerprint density at radius 3 is 2.58 bits per heavy atom. The molecule has 0 radical (unpaired) electrons. The summed E-state index contributed by atoms with van der Waals surface area (Å²) >= 11 is 0. The topological polar surface area (TPSA) is 42.0 Å². The zero-order valence-corrected chi connectivity index (χ0v) is 10.1. The van der Waals surface area contributed by atoms with E-state index < -0.39 is 11.6 Å². The van der Waals surface area contributed by atoms with Gasteiger partial charge < -0.3 is 5.32 Å². The minimum absolute atomic E-state index is 0.159. The number of fused-ring (bicyclic) bond motifs is 1. The van der Waals surface area contributed by atoms with Crippen molar-refractivity contribution < 1.29 is 13.6 Å². The van der Waals surface area contributed by atoms with E-state index in [1.165, 1.54) is 24.3 Å². The number of amides is 1. The van der Waals surface area contributed by atoms with Gasteiger partial charge in [0, 0.05) is 0 Å². The Bertz CT molecular complexity index is 678. The lowest BCUT2D eigenvalue weighted by Gasteiger charge is -2.08. The van der Waals surface area contributed by atoms with Crippen LogP contribution < -0.4 is 5.32 Å². The minimum Gasteiger partial charge on any atom is -0.346 e. The quantitative estimate of drug-likeness (QED) is 0.856. The summed E-state index contributed by atoms with van der Waals surface area (Å²) < 4.78 is 27.5. The lowest BCUT2D eigenvalue weighted by Crippen LogP contribution is -2.13. The molecule has 0 saturated heterocycles. The molecule has 2 heterocycles. The van der Waals surface area contributed by atoms with Gasteiger partial charge in [-0.15, -0.1) is 0 Å².